The van der Waals surface area contributed by atoms with Crippen LogP contribution >= 0.6 is 11.3 Å². The second-order valence-electron chi connectivity index (χ2n) is 4.02. The summed E-state index contributed by atoms with van der Waals surface area (Å²) in [6.07, 6.45) is 2.03. The van der Waals surface area contributed by atoms with Gasteiger partial charge in [-0.25, -0.2) is 9.37 Å². The molecule has 2 rings (SSSR count). The van der Waals surface area contributed by atoms with Crippen molar-refractivity contribution in [3.63, 3.8) is 0 Å². The molecular weight excluding hydrogens is 263 g/mol. The number of benzene rings is 1. The average molecular weight is 276 g/mol. The molecule has 2 aromatic rings. The summed E-state index contributed by atoms with van der Waals surface area (Å²) in [5.74, 6) is -0.161. The lowest BCUT2D eigenvalue weighted by Gasteiger charge is -2.04. The molecule has 0 amide bonds. The molecule has 0 aliphatic carbocycles. The number of thiazole rings is 1. The summed E-state index contributed by atoms with van der Waals surface area (Å²) < 4.78 is 18.8. The fourth-order valence-electron chi connectivity index (χ4n) is 1.58. The second-order valence-corrected chi connectivity index (χ2v) is 4.97. The van der Waals surface area contributed by atoms with Gasteiger partial charge in [-0.2, -0.15) is 5.26 Å². The molecule has 0 aliphatic rings. The number of nitriles is 1. The summed E-state index contributed by atoms with van der Waals surface area (Å²) in [5.41, 5.74) is 0.865. The van der Waals surface area contributed by atoms with E-state index in [1.807, 2.05) is 5.38 Å². The Bertz CT molecular complexity index is 604. The predicted octanol–water partition coefficient (Wildman–Crippen LogP) is 3.69. The van der Waals surface area contributed by atoms with Crippen molar-refractivity contribution in [2.75, 3.05) is 0 Å². The molecule has 0 bridgehead atoms. The molecule has 0 saturated carbocycles. The first-order valence-corrected chi connectivity index (χ1v) is 6.86. The molecule has 0 fully saturated rings. The van der Waals surface area contributed by atoms with Crippen LogP contribution in [0.5, 0.6) is 5.75 Å². The maximum atomic E-state index is 13.4. The van der Waals surface area contributed by atoms with Gasteiger partial charge in [0.25, 0.3) is 0 Å². The van der Waals surface area contributed by atoms with E-state index < -0.39 is 5.82 Å². The van der Waals surface area contributed by atoms with Gasteiger partial charge >= 0.3 is 0 Å². The maximum Gasteiger partial charge on any atom is 0.144 e. The molecule has 5 heteroatoms. The monoisotopic (exact) mass is 276 g/mol. The Balaban J connectivity index is 1.98. The van der Waals surface area contributed by atoms with Crippen LogP contribution in [-0.2, 0) is 13.0 Å². The van der Waals surface area contributed by atoms with E-state index in [4.69, 9.17) is 10.00 Å². The second kappa shape index (κ2) is 6.30. The van der Waals surface area contributed by atoms with Crippen molar-refractivity contribution >= 4 is 11.3 Å². The first-order chi connectivity index (χ1) is 9.22. The lowest BCUT2D eigenvalue weighted by Crippen LogP contribution is -1.97. The zero-order valence-electron chi connectivity index (χ0n) is 10.5. The largest absolute Gasteiger partial charge is 0.487 e. The van der Waals surface area contributed by atoms with E-state index in [1.165, 1.54) is 12.1 Å². The van der Waals surface area contributed by atoms with Crippen molar-refractivity contribution in [3.05, 3.63) is 45.7 Å². The van der Waals surface area contributed by atoms with E-state index in [0.717, 1.165) is 23.5 Å². The summed E-state index contributed by atoms with van der Waals surface area (Å²) in [6.45, 7) is 2.42. The maximum absolute atomic E-state index is 13.4. The van der Waals surface area contributed by atoms with Crippen LogP contribution < -0.4 is 4.74 Å². The van der Waals surface area contributed by atoms with E-state index in [2.05, 4.69) is 11.9 Å². The van der Waals surface area contributed by atoms with Crippen LogP contribution in [0.3, 0.4) is 0 Å². The summed E-state index contributed by atoms with van der Waals surface area (Å²) in [7, 11) is 0. The van der Waals surface area contributed by atoms with Gasteiger partial charge < -0.3 is 4.74 Å². The number of hydrogen-bond donors (Lipinski definition) is 0. The van der Waals surface area contributed by atoms with Crippen molar-refractivity contribution in [1.29, 1.82) is 5.26 Å². The lowest BCUT2D eigenvalue weighted by molar-refractivity contribution is 0.300. The highest BCUT2D eigenvalue weighted by Gasteiger charge is 2.05. The molecule has 1 aromatic heterocycles. The SMILES string of the molecule is CCCc1nc(COc2ccc(C#N)c(F)c2)cs1. The number of aromatic nitrogens is 1. The van der Waals surface area contributed by atoms with E-state index in [-0.39, 0.29) is 5.56 Å². The van der Waals surface area contributed by atoms with Gasteiger partial charge in [-0.15, -0.1) is 11.3 Å². The minimum atomic E-state index is -0.565. The number of ether oxygens (including phenoxy) is 1. The van der Waals surface area contributed by atoms with Crippen LogP contribution in [0.2, 0.25) is 0 Å². The van der Waals surface area contributed by atoms with Crippen molar-refractivity contribution in [3.8, 4) is 11.8 Å². The summed E-state index contributed by atoms with van der Waals surface area (Å²) in [6, 6.07) is 5.99. The van der Waals surface area contributed by atoms with Gasteiger partial charge in [0.15, 0.2) is 0 Å². The minimum Gasteiger partial charge on any atom is -0.487 e. The van der Waals surface area contributed by atoms with Crippen LogP contribution in [0.25, 0.3) is 0 Å². The first-order valence-electron chi connectivity index (χ1n) is 5.98. The van der Waals surface area contributed by atoms with Gasteiger partial charge in [-0.1, -0.05) is 6.92 Å². The lowest BCUT2D eigenvalue weighted by atomic mass is 10.2. The van der Waals surface area contributed by atoms with Crippen LogP contribution in [0.15, 0.2) is 23.6 Å². The van der Waals surface area contributed by atoms with Gasteiger partial charge in [-0.05, 0) is 25.0 Å². The Morgan fingerprint density at radius 1 is 1.47 bits per heavy atom. The highest BCUT2D eigenvalue weighted by Crippen LogP contribution is 2.18. The Morgan fingerprint density at radius 2 is 2.32 bits per heavy atom. The smallest absolute Gasteiger partial charge is 0.144 e. The van der Waals surface area contributed by atoms with Crippen LogP contribution in [-0.4, -0.2) is 4.98 Å². The molecule has 0 radical (unpaired) electrons. The number of rotatable bonds is 5. The Labute approximate surface area is 115 Å². The third-order valence-corrected chi connectivity index (χ3v) is 3.47. The molecule has 1 heterocycles. The molecule has 0 saturated heterocycles. The molecule has 0 N–H and O–H groups in total. The van der Waals surface area contributed by atoms with Crippen molar-refractivity contribution in [2.24, 2.45) is 0 Å². The van der Waals surface area contributed by atoms with Crippen LogP contribution in [0, 0.1) is 17.1 Å². The fourth-order valence-corrected chi connectivity index (χ4v) is 2.46. The van der Waals surface area contributed by atoms with Gasteiger partial charge in [0.05, 0.1) is 16.3 Å². The highest BCUT2D eigenvalue weighted by atomic mass is 32.1. The third kappa shape index (κ3) is 3.52. The van der Waals surface area contributed by atoms with E-state index in [0.29, 0.717) is 12.4 Å². The summed E-state index contributed by atoms with van der Waals surface area (Å²) >= 11 is 1.61. The molecule has 0 atom stereocenters. The topological polar surface area (TPSA) is 45.9 Å². The van der Waals surface area contributed by atoms with Crippen molar-refractivity contribution in [1.82, 2.24) is 4.98 Å². The minimum absolute atomic E-state index is 0.0197. The quantitative estimate of drug-likeness (QED) is 0.836. The fraction of sp³-hybridized carbons (Fsp3) is 0.286. The molecule has 0 unspecified atom stereocenters. The van der Waals surface area contributed by atoms with Gasteiger partial charge in [0, 0.05) is 11.4 Å². The van der Waals surface area contributed by atoms with Crippen LogP contribution in [0.4, 0.5) is 4.39 Å². The van der Waals surface area contributed by atoms with E-state index >= 15 is 0 Å². The molecule has 0 spiro atoms. The highest BCUT2D eigenvalue weighted by molar-refractivity contribution is 7.09. The number of halogens is 1. The number of hydrogen-bond acceptors (Lipinski definition) is 4. The molecular formula is C14H13FN2OS. The van der Waals surface area contributed by atoms with Crippen molar-refractivity contribution in [2.45, 2.75) is 26.4 Å². The van der Waals surface area contributed by atoms with Gasteiger partial charge in [-0.3, -0.25) is 0 Å². The first kappa shape index (κ1) is 13.5. The number of nitrogens with zero attached hydrogens (tertiary/aromatic N) is 2. The zero-order chi connectivity index (χ0) is 13.7. The van der Waals surface area contributed by atoms with E-state index in [1.54, 1.807) is 23.5 Å². The Hall–Kier alpha value is -1.93. The third-order valence-electron chi connectivity index (χ3n) is 2.51. The van der Waals surface area contributed by atoms with E-state index in [9.17, 15) is 4.39 Å². The molecule has 3 nitrogen and oxygen atoms in total. The Morgan fingerprint density at radius 3 is 3.00 bits per heavy atom. The number of aryl methyl sites for hydroxylation is 1. The Kier molecular flexibility index (Phi) is 4.48. The van der Waals surface area contributed by atoms with Gasteiger partial charge in [0.1, 0.15) is 24.2 Å². The molecule has 0 aliphatic heterocycles. The van der Waals surface area contributed by atoms with Gasteiger partial charge in [0.2, 0.25) is 0 Å². The molecule has 19 heavy (non-hydrogen) atoms. The summed E-state index contributed by atoms with van der Waals surface area (Å²) in [5, 5.41) is 11.7. The van der Waals surface area contributed by atoms with Crippen molar-refractivity contribution < 1.29 is 9.13 Å². The molecule has 1 aromatic carbocycles. The summed E-state index contributed by atoms with van der Waals surface area (Å²) in [4.78, 5) is 4.42. The predicted molar refractivity (Wildman–Crippen MR) is 71.6 cm³/mol. The van der Waals surface area contributed by atoms with Crippen LogP contribution in [0.1, 0.15) is 29.6 Å². The normalized spacial score (nSPS) is 10.2. The molecule has 98 valence electrons. The average Bonchev–Trinajstić information content (AvgIpc) is 2.85. The zero-order valence-corrected chi connectivity index (χ0v) is 11.3. The standard InChI is InChI=1S/C14H13FN2OS/c1-2-3-14-17-11(9-19-14)8-18-12-5-4-10(7-16)13(15)6-12/h4-6,9H,2-3,8H2,1H3.